The van der Waals surface area contributed by atoms with Gasteiger partial charge in [0, 0.05) is 35.7 Å². The summed E-state index contributed by atoms with van der Waals surface area (Å²) in [5.74, 6) is 0.305. The Hall–Kier alpha value is -2.98. The largest absolute Gasteiger partial charge is 0.299 e. The maximum Gasteiger partial charge on any atom is 0.234 e. The first-order valence-corrected chi connectivity index (χ1v) is 12.3. The van der Waals surface area contributed by atoms with E-state index in [0.717, 1.165) is 47.3 Å². The van der Waals surface area contributed by atoms with Crippen LogP contribution in [0.5, 0.6) is 0 Å². The van der Waals surface area contributed by atoms with Crippen LogP contribution >= 0.6 is 0 Å². The molecule has 0 unspecified atom stereocenters. The number of rotatable bonds is 8. The molecule has 31 heavy (non-hydrogen) atoms. The predicted octanol–water partition coefficient (Wildman–Crippen LogP) is 3.88. The third-order valence-electron chi connectivity index (χ3n) is 6.20. The molecule has 0 bridgehead atoms. The number of carbonyl (C=O) groups excluding carboxylic acids is 1. The van der Waals surface area contributed by atoms with Crippen molar-refractivity contribution in [2.45, 2.75) is 38.5 Å². The van der Waals surface area contributed by atoms with E-state index in [1.54, 1.807) is 12.1 Å². The van der Waals surface area contributed by atoms with Gasteiger partial charge in [-0.05, 0) is 55.0 Å². The molecule has 1 heterocycles. The number of nitrogens with zero attached hydrogens (tertiary/aromatic N) is 2. The summed E-state index contributed by atoms with van der Waals surface area (Å²) in [5.41, 5.74) is 4.54. The lowest BCUT2D eigenvalue weighted by Gasteiger charge is -2.13. The van der Waals surface area contributed by atoms with Crippen molar-refractivity contribution in [3.63, 3.8) is 0 Å². The number of sulfonamides is 1. The Morgan fingerprint density at radius 1 is 1.23 bits per heavy atom. The molecule has 1 aromatic heterocycles. The molecule has 1 aromatic carbocycles. The molecule has 5 rings (SSSR count). The lowest BCUT2D eigenvalue weighted by atomic mass is 9.97. The molecule has 3 aliphatic carbocycles. The Balaban J connectivity index is 1.38. The van der Waals surface area contributed by atoms with E-state index in [1.807, 2.05) is 18.2 Å². The normalized spacial score (nSPS) is 18.3. The van der Waals surface area contributed by atoms with Crippen molar-refractivity contribution in [2.75, 3.05) is 10.5 Å². The highest BCUT2D eigenvalue weighted by atomic mass is 32.2. The number of hydrogen-bond donors (Lipinski definition) is 1. The Morgan fingerprint density at radius 3 is 2.61 bits per heavy atom. The minimum Gasteiger partial charge on any atom is -0.299 e. The van der Waals surface area contributed by atoms with Gasteiger partial charge in [0.15, 0.2) is 0 Å². The number of nitrogens with one attached hydrogen (secondary N) is 1. The molecule has 6 nitrogen and oxygen atoms in total. The quantitative estimate of drug-likeness (QED) is 0.681. The van der Waals surface area contributed by atoms with E-state index in [4.69, 9.17) is 10.2 Å². The fourth-order valence-electron chi connectivity index (χ4n) is 4.09. The predicted molar refractivity (Wildman–Crippen MR) is 119 cm³/mol. The molecule has 2 fully saturated rings. The van der Waals surface area contributed by atoms with E-state index < -0.39 is 15.4 Å². The second kappa shape index (κ2) is 7.31. The van der Waals surface area contributed by atoms with Crippen molar-refractivity contribution in [1.82, 2.24) is 4.98 Å². The lowest BCUT2D eigenvalue weighted by Crippen LogP contribution is -2.22. The number of allylic oxidation sites excluding steroid dienone is 1. The van der Waals surface area contributed by atoms with Crippen molar-refractivity contribution in [3.8, 4) is 17.2 Å². The Labute approximate surface area is 182 Å². The van der Waals surface area contributed by atoms with Crippen molar-refractivity contribution in [3.05, 3.63) is 53.4 Å². The molecule has 1 N–H and O–H groups in total. The first-order valence-electron chi connectivity index (χ1n) is 10.6. The van der Waals surface area contributed by atoms with Gasteiger partial charge < -0.3 is 0 Å². The van der Waals surface area contributed by atoms with Crippen molar-refractivity contribution < 1.29 is 13.2 Å². The molecule has 0 saturated heterocycles. The molecule has 0 spiro atoms. The van der Waals surface area contributed by atoms with Gasteiger partial charge in [0.2, 0.25) is 10.0 Å². The zero-order valence-corrected chi connectivity index (χ0v) is 17.9. The molecule has 3 aliphatic rings. The van der Waals surface area contributed by atoms with Gasteiger partial charge >= 0.3 is 0 Å². The van der Waals surface area contributed by atoms with Crippen molar-refractivity contribution in [2.24, 2.45) is 11.3 Å². The van der Waals surface area contributed by atoms with Crippen LogP contribution in [0.2, 0.25) is 0 Å². The molecule has 0 atom stereocenters. The number of ketones is 1. The number of pyridine rings is 1. The maximum atomic E-state index is 12.4. The molecule has 0 amide bonds. The van der Waals surface area contributed by atoms with Gasteiger partial charge in [-0.1, -0.05) is 24.3 Å². The van der Waals surface area contributed by atoms with Crippen LogP contribution in [0, 0.1) is 22.7 Å². The molecule has 2 aromatic rings. The van der Waals surface area contributed by atoms with Crippen LogP contribution in [0.25, 0.3) is 17.2 Å². The van der Waals surface area contributed by atoms with E-state index in [2.05, 4.69) is 22.9 Å². The fourth-order valence-corrected chi connectivity index (χ4v) is 5.74. The van der Waals surface area contributed by atoms with Crippen molar-refractivity contribution >= 4 is 27.6 Å². The molecule has 158 valence electrons. The number of benzene rings is 1. The second-order valence-corrected chi connectivity index (χ2v) is 10.6. The van der Waals surface area contributed by atoms with E-state index in [0.29, 0.717) is 24.9 Å². The van der Waals surface area contributed by atoms with Gasteiger partial charge in [0.05, 0.1) is 22.9 Å². The molecular formula is C24H23N3O3S. The van der Waals surface area contributed by atoms with Gasteiger partial charge in [-0.3, -0.25) is 14.5 Å². The topological polar surface area (TPSA) is 99.9 Å². The number of carbonyl (C=O) groups is 1. The van der Waals surface area contributed by atoms with Crippen LogP contribution in [-0.4, -0.2) is 24.9 Å². The van der Waals surface area contributed by atoms with E-state index in [-0.39, 0.29) is 17.5 Å². The smallest absolute Gasteiger partial charge is 0.234 e. The summed E-state index contributed by atoms with van der Waals surface area (Å²) >= 11 is 0. The van der Waals surface area contributed by atoms with Crippen LogP contribution in [0.4, 0.5) is 5.69 Å². The Kier molecular flexibility index (Phi) is 4.71. The van der Waals surface area contributed by atoms with Crippen LogP contribution in [0.3, 0.4) is 0 Å². The van der Waals surface area contributed by atoms with Crippen LogP contribution < -0.4 is 4.72 Å². The third kappa shape index (κ3) is 4.26. The number of aromatic nitrogens is 1. The Bertz CT molecular complexity index is 1230. The highest BCUT2D eigenvalue weighted by Crippen LogP contribution is 2.46. The minimum atomic E-state index is -3.58. The number of fused-ring (bicyclic) bond motifs is 1. The summed E-state index contributed by atoms with van der Waals surface area (Å²) < 4.78 is 27.4. The molecule has 0 aliphatic heterocycles. The first-order chi connectivity index (χ1) is 14.9. The molecule has 2 saturated carbocycles. The number of Topliss-reactive ketones (excluding diaryl/α,β-unsaturated/α-hetero) is 1. The summed E-state index contributed by atoms with van der Waals surface area (Å²) in [5, 5.41) is 9.16. The zero-order valence-electron chi connectivity index (χ0n) is 17.1. The zero-order chi connectivity index (χ0) is 21.6. The summed E-state index contributed by atoms with van der Waals surface area (Å²) in [4.78, 5) is 17.0. The van der Waals surface area contributed by atoms with Gasteiger partial charge in [0.25, 0.3) is 0 Å². The average molecular weight is 434 g/mol. The van der Waals surface area contributed by atoms with Crippen LogP contribution in [-0.2, 0) is 27.7 Å². The molecular weight excluding hydrogens is 410 g/mol. The second-order valence-electron chi connectivity index (χ2n) is 8.88. The number of anilines is 1. The summed E-state index contributed by atoms with van der Waals surface area (Å²) in [6.07, 6.45) is 8.49. The molecule has 0 radical (unpaired) electrons. The summed E-state index contributed by atoms with van der Waals surface area (Å²) in [6, 6.07) is 11.3. The highest BCUT2D eigenvalue weighted by Gasteiger charge is 2.47. The van der Waals surface area contributed by atoms with E-state index in [9.17, 15) is 13.2 Å². The van der Waals surface area contributed by atoms with Crippen LogP contribution in [0.1, 0.15) is 42.6 Å². The minimum absolute atomic E-state index is 0.167. The fraction of sp³-hybridized carbons (Fsp3) is 0.375. The monoisotopic (exact) mass is 433 g/mol. The van der Waals surface area contributed by atoms with Gasteiger partial charge in [-0.25, -0.2) is 8.42 Å². The molecule has 7 heteroatoms. The lowest BCUT2D eigenvalue weighted by molar-refractivity contribution is -0.119. The van der Waals surface area contributed by atoms with Crippen molar-refractivity contribution in [1.29, 1.82) is 5.26 Å². The van der Waals surface area contributed by atoms with E-state index in [1.165, 1.54) is 0 Å². The standard InChI is InChI=1S/C24H23N3O3S/c25-14-24(10-11-24)15-31(29,30)27-18-8-6-16(7-9-18)21-12-19(13-23(28)17-4-5-17)26-22-3-1-2-20(21)22/h1-2,6-9,12,17,27H,3-5,10-11,13,15H2. The Morgan fingerprint density at radius 2 is 1.97 bits per heavy atom. The third-order valence-corrected chi connectivity index (χ3v) is 7.68. The van der Waals surface area contributed by atoms with E-state index >= 15 is 0 Å². The SMILES string of the molecule is N#CC1(CS(=O)(=O)Nc2ccc(-c3cc(CC(=O)C4CC4)nc4c3C=CC4)cc2)CC1. The van der Waals surface area contributed by atoms with Gasteiger partial charge in [0.1, 0.15) is 5.78 Å². The summed E-state index contributed by atoms with van der Waals surface area (Å²) in [6.45, 7) is 0. The first kappa shape index (κ1) is 20.0. The van der Waals surface area contributed by atoms with Crippen LogP contribution in [0.15, 0.2) is 36.4 Å². The average Bonchev–Trinajstić information content (AvgIpc) is 3.66. The van der Waals surface area contributed by atoms with Gasteiger partial charge in [-0.15, -0.1) is 0 Å². The highest BCUT2D eigenvalue weighted by molar-refractivity contribution is 7.92. The maximum absolute atomic E-state index is 12.4. The number of nitriles is 1. The number of hydrogen-bond acceptors (Lipinski definition) is 5. The summed E-state index contributed by atoms with van der Waals surface area (Å²) in [7, 11) is -3.58. The van der Waals surface area contributed by atoms with Gasteiger partial charge in [-0.2, -0.15) is 5.26 Å².